The van der Waals surface area contributed by atoms with Crippen LogP contribution in [0, 0.1) is 0 Å². The van der Waals surface area contributed by atoms with Gasteiger partial charge < -0.3 is 19.2 Å². The molecule has 0 spiro atoms. The van der Waals surface area contributed by atoms with Gasteiger partial charge in [-0.1, -0.05) is 0 Å². The molecule has 0 fully saturated rings. The van der Waals surface area contributed by atoms with E-state index in [-0.39, 0.29) is 57.5 Å². The van der Waals surface area contributed by atoms with Gasteiger partial charge in [0.25, 0.3) is 0 Å². The second-order valence-electron chi connectivity index (χ2n) is 0.600. The average molecular weight is 208 g/mol. The third-order valence-corrected chi connectivity index (χ3v) is 0. The van der Waals surface area contributed by atoms with Crippen molar-refractivity contribution in [1.29, 1.82) is 0 Å². The molecule has 0 bridgehead atoms. The molecule has 0 unspecified atom stereocenters. The fourth-order valence-electron chi connectivity index (χ4n) is 0. The van der Waals surface area contributed by atoms with Gasteiger partial charge in [0.05, 0.1) is 0 Å². The van der Waals surface area contributed by atoms with Crippen molar-refractivity contribution in [3.05, 3.63) is 0 Å². The number of rotatable bonds is 0. The zero-order valence-corrected chi connectivity index (χ0v) is 4.75. The largest absolute Gasteiger partial charge is 0.668 e. The molecule has 8 heavy (non-hydrogen) atoms. The van der Waals surface area contributed by atoms with Crippen molar-refractivity contribution in [3.63, 3.8) is 0 Å². The van der Waals surface area contributed by atoms with Crippen molar-refractivity contribution in [2.45, 2.75) is 0 Å². The Kier molecular flexibility index (Phi) is 25.0. The van der Waals surface area contributed by atoms with Gasteiger partial charge in [0.1, 0.15) is 0 Å². The zero-order valence-electron chi connectivity index (χ0n) is 2.64. The van der Waals surface area contributed by atoms with Crippen LogP contribution in [-0.2, 0) is 17.1 Å². The van der Waals surface area contributed by atoms with Crippen LogP contribution < -0.4 is 0 Å². The molecule has 50 valence electrons. The minimum absolute atomic E-state index is 0. The first-order valence-electron chi connectivity index (χ1n) is 0.894. The minimum atomic E-state index is -4.61. The van der Waals surface area contributed by atoms with Crippen LogP contribution in [0.5, 0.6) is 0 Å². The number of hydrogen-bond acceptors (Lipinski definition) is 4. The van der Waals surface area contributed by atoms with E-state index in [9.17, 15) is 0 Å². The summed E-state index contributed by atoms with van der Waals surface area (Å²) in [6.07, 6.45) is 0. The Morgan fingerprint density at radius 3 is 0.875 bits per heavy atom. The molecule has 4 N–H and O–H groups in total. The Hall–Kier alpha value is 1.88. The van der Waals surface area contributed by atoms with Gasteiger partial charge in [0, 0.05) is 17.1 Å². The SMILES string of the molecule is O[Si](O)(O)O.[AlH3].[Fe].[MgH2]. The van der Waals surface area contributed by atoms with Crippen LogP contribution in [0.3, 0.4) is 0 Å². The van der Waals surface area contributed by atoms with Gasteiger partial charge in [-0.15, -0.1) is 0 Å². The second kappa shape index (κ2) is 8.88. The Morgan fingerprint density at radius 2 is 0.875 bits per heavy atom. The summed E-state index contributed by atoms with van der Waals surface area (Å²) in [4.78, 5) is 29.3. The van der Waals surface area contributed by atoms with E-state index in [1.165, 1.54) is 0 Å². The van der Waals surface area contributed by atoms with Crippen LogP contribution in [-0.4, -0.2) is 68.6 Å². The normalized spacial score (nSPS) is 7.50. The molecule has 8 heteroatoms. The molecule has 0 atom stereocenters. The molecule has 4 nitrogen and oxygen atoms in total. The van der Waals surface area contributed by atoms with Crippen LogP contribution >= 0.6 is 0 Å². The Morgan fingerprint density at radius 1 is 0.875 bits per heavy atom. The molecule has 0 heterocycles. The zero-order chi connectivity index (χ0) is 4.50. The van der Waals surface area contributed by atoms with Crippen LogP contribution in [0.15, 0.2) is 0 Å². The summed E-state index contributed by atoms with van der Waals surface area (Å²) in [5.74, 6) is 0. The van der Waals surface area contributed by atoms with E-state index in [0.29, 0.717) is 0 Å². The minimum Gasteiger partial charge on any atom is -0.368 e. The first kappa shape index (κ1) is 22.5. The van der Waals surface area contributed by atoms with E-state index in [0.717, 1.165) is 0 Å². The Bertz CT molecular complexity index is 31.5. The molecule has 0 aromatic carbocycles. The van der Waals surface area contributed by atoms with E-state index in [1.807, 2.05) is 0 Å². The first-order valence-corrected chi connectivity index (χ1v) is 2.68. The summed E-state index contributed by atoms with van der Waals surface area (Å²) in [7, 11) is -4.61. The van der Waals surface area contributed by atoms with Crippen LogP contribution in [0.1, 0.15) is 0 Å². The summed E-state index contributed by atoms with van der Waals surface area (Å²) < 4.78 is 0. The van der Waals surface area contributed by atoms with Gasteiger partial charge in [-0.05, 0) is 0 Å². The quantitative estimate of drug-likeness (QED) is 0.302. The molecule has 0 aliphatic rings. The van der Waals surface area contributed by atoms with E-state index >= 15 is 0 Å². The van der Waals surface area contributed by atoms with Gasteiger partial charge in [-0.2, -0.15) is 0 Å². The topological polar surface area (TPSA) is 80.9 Å². The third-order valence-electron chi connectivity index (χ3n) is 0. The maximum Gasteiger partial charge on any atom is 0.668 e. The molecule has 0 aromatic rings. The summed E-state index contributed by atoms with van der Waals surface area (Å²) in [6, 6.07) is 0. The van der Waals surface area contributed by atoms with Gasteiger partial charge in [0.2, 0.25) is 0 Å². The summed E-state index contributed by atoms with van der Waals surface area (Å²) in [5.41, 5.74) is 0. The van der Waals surface area contributed by atoms with Gasteiger partial charge >= 0.3 is 32.1 Å². The fourth-order valence-corrected chi connectivity index (χ4v) is 0. The van der Waals surface area contributed by atoms with Crippen LogP contribution in [0.25, 0.3) is 0 Å². The molecule has 0 amide bonds. The first-order chi connectivity index (χ1) is 2.00. The molecule has 0 aromatic heterocycles. The Labute approximate surface area is 85.2 Å². The van der Waals surface area contributed by atoms with Crippen molar-refractivity contribution in [1.82, 2.24) is 0 Å². The van der Waals surface area contributed by atoms with E-state index in [1.54, 1.807) is 0 Å². The molecule has 0 saturated carbocycles. The van der Waals surface area contributed by atoms with E-state index in [4.69, 9.17) is 19.2 Å². The molecule has 0 saturated heterocycles. The van der Waals surface area contributed by atoms with E-state index < -0.39 is 9.05 Å². The van der Waals surface area contributed by atoms with Crippen molar-refractivity contribution in [2.24, 2.45) is 0 Å². The fraction of sp³-hybridized carbons (Fsp3) is 0. The van der Waals surface area contributed by atoms with Crippen LogP contribution in [0.2, 0.25) is 0 Å². The molecular weight excluding hydrogens is 199 g/mol. The molecule has 0 rings (SSSR count). The van der Waals surface area contributed by atoms with Crippen molar-refractivity contribution >= 4 is 49.5 Å². The Balaban J connectivity index is -0.0000000267. The molecule has 0 aliphatic heterocycles. The maximum atomic E-state index is 7.33. The standard InChI is InChI=1S/Al.Fe.Mg.H4O4Si.5H/c;;;1-5(2,3)4;;;;;/h;;;1-4H;;;;;. The van der Waals surface area contributed by atoms with E-state index in [2.05, 4.69) is 0 Å². The predicted octanol–water partition coefficient (Wildman–Crippen LogP) is -4.71. The molecule has 0 radical (unpaired) electrons. The summed E-state index contributed by atoms with van der Waals surface area (Å²) in [6.45, 7) is 0. The average Bonchev–Trinajstić information content (AvgIpc) is 0.722. The monoisotopic (exact) mass is 208 g/mol. The summed E-state index contributed by atoms with van der Waals surface area (Å²) in [5, 5.41) is 0. The van der Waals surface area contributed by atoms with Gasteiger partial charge in [0.15, 0.2) is 17.4 Å². The van der Waals surface area contributed by atoms with Crippen molar-refractivity contribution in [2.75, 3.05) is 0 Å². The number of hydrogen-bond donors (Lipinski definition) is 4. The second-order valence-corrected chi connectivity index (χ2v) is 1.80. The molecular formula is H9AlFeMgO4Si. The van der Waals surface area contributed by atoms with Gasteiger partial charge in [-0.25, -0.2) is 0 Å². The molecule has 0 aliphatic carbocycles. The smallest absolute Gasteiger partial charge is 0.368 e. The third kappa shape index (κ3) is 106. The van der Waals surface area contributed by atoms with Crippen molar-refractivity contribution < 1.29 is 36.3 Å². The van der Waals surface area contributed by atoms with Gasteiger partial charge in [-0.3, -0.25) is 0 Å². The maximum absolute atomic E-state index is 7.33. The summed E-state index contributed by atoms with van der Waals surface area (Å²) >= 11 is 0. The van der Waals surface area contributed by atoms with Crippen LogP contribution in [0.4, 0.5) is 0 Å². The van der Waals surface area contributed by atoms with Crippen molar-refractivity contribution in [3.8, 4) is 0 Å². The predicted molar refractivity (Wildman–Crippen MR) is 33.1 cm³/mol.